The maximum Gasteiger partial charge on any atom is 0.293 e. The predicted molar refractivity (Wildman–Crippen MR) is 40.7 cm³/mol. The molecule has 0 spiro atoms. The molecule has 0 aromatic rings. The van der Waals surface area contributed by atoms with Crippen molar-refractivity contribution < 1.29 is 9.53 Å². The van der Waals surface area contributed by atoms with Gasteiger partial charge in [0, 0.05) is 5.71 Å². The summed E-state index contributed by atoms with van der Waals surface area (Å²) in [5.41, 5.74) is 0.907. The van der Waals surface area contributed by atoms with E-state index in [9.17, 15) is 4.79 Å². The molecular formula is C6H14N2O2. The highest BCUT2D eigenvalue weighted by Crippen LogP contribution is 1.59. The third-order valence-electron chi connectivity index (χ3n) is 0.493. The smallest absolute Gasteiger partial charge is 0.293 e. The van der Waals surface area contributed by atoms with Gasteiger partial charge in [-0.05, 0) is 20.8 Å². The maximum atomic E-state index is 9.18. The largest absolute Gasteiger partial charge is 0.468 e. The molecule has 0 aliphatic carbocycles. The van der Waals surface area contributed by atoms with Gasteiger partial charge in [0.05, 0.1) is 6.61 Å². The van der Waals surface area contributed by atoms with Crippen molar-refractivity contribution in [3.05, 3.63) is 0 Å². The van der Waals surface area contributed by atoms with Crippen molar-refractivity contribution in [1.82, 2.24) is 0 Å². The van der Waals surface area contributed by atoms with Crippen LogP contribution in [0.15, 0.2) is 5.10 Å². The first-order valence-electron chi connectivity index (χ1n) is 2.95. The lowest BCUT2D eigenvalue weighted by atomic mass is 10.5. The second-order valence-electron chi connectivity index (χ2n) is 1.63. The van der Waals surface area contributed by atoms with Gasteiger partial charge >= 0.3 is 0 Å². The summed E-state index contributed by atoms with van der Waals surface area (Å²) in [4.78, 5) is 9.18. The normalized spacial score (nSPS) is 6.70. The average molecular weight is 146 g/mol. The summed E-state index contributed by atoms with van der Waals surface area (Å²) in [6.45, 7) is 6.36. The van der Waals surface area contributed by atoms with E-state index in [-0.39, 0.29) is 0 Å². The molecule has 0 rings (SSSR count). The molecule has 0 heterocycles. The molecule has 2 N–H and O–H groups in total. The Kier molecular flexibility index (Phi) is 12.7. The number of nitrogens with two attached hydrogens (primary N) is 1. The number of carbonyl (C=O) groups is 1. The van der Waals surface area contributed by atoms with Crippen LogP contribution in [0.25, 0.3) is 0 Å². The summed E-state index contributed by atoms with van der Waals surface area (Å²) in [6.07, 6.45) is 0. The van der Waals surface area contributed by atoms with E-state index in [2.05, 4.69) is 9.84 Å². The van der Waals surface area contributed by atoms with Gasteiger partial charge in [-0.25, -0.2) is 0 Å². The minimum Gasteiger partial charge on any atom is -0.468 e. The van der Waals surface area contributed by atoms with Gasteiger partial charge in [0.1, 0.15) is 0 Å². The average Bonchev–Trinajstić information content (AvgIpc) is 1.91. The van der Waals surface area contributed by atoms with Crippen LogP contribution in [0.4, 0.5) is 0 Å². The molecule has 4 heteroatoms. The van der Waals surface area contributed by atoms with Crippen LogP contribution in [-0.2, 0) is 9.53 Å². The topological polar surface area (TPSA) is 64.7 Å². The van der Waals surface area contributed by atoms with Crippen molar-refractivity contribution in [3.8, 4) is 0 Å². The van der Waals surface area contributed by atoms with Crippen molar-refractivity contribution >= 4 is 12.2 Å². The van der Waals surface area contributed by atoms with Crippen molar-refractivity contribution in [3.63, 3.8) is 0 Å². The Morgan fingerprint density at radius 1 is 1.70 bits per heavy atom. The van der Waals surface area contributed by atoms with Crippen LogP contribution in [-0.4, -0.2) is 18.8 Å². The van der Waals surface area contributed by atoms with Gasteiger partial charge in [0.15, 0.2) is 0 Å². The van der Waals surface area contributed by atoms with Crippen LogP contribution in [0.5, 0.6) is 0 Å². The van der Waals surface area contributed by atoms with Crippen molar-refractivity contribution in [2.75, 3.05) is 6.61 Å². The number of nitrogens with zero attached hydrogens (tertiary/aromatic N) is 1. The molecule has 0 aromatic carbocycles. The second kappa shape index (κ2) is 10.8. The monoisotopic (exact) mass is 146 g/mol. The van der Waals surface area contributed by atoms with Gasteiger partial charge in [-0.1, -0.05) is 0 Å². The van der Waals surface area contributed by atoms with Crippen LogP contribution < -0.4 is 5.84 Å². The predicted octanol–water partition coefficient (Wildman–Crippen LogP) is 0.520. The van der Waals surface area contributed by atoms with E-state index in [0.717, 1.165) is 5.71 Å². The summed E-state index contributed by atoms with van der Waals surface area (Å²) in [5.74, 6) is 4.76. The molecule has 0 aromatic heterocycles. The zero-order valence-electron chi connectivity index (χ0n) is 6.63. The summed E-state index contributed by atoms with van der Waals surface area (Å²) < 4.78 is 4.15. The molecule has 4 nitrogen and oxygen atoms in total. The van der Waals surface area contributed by atoms with Gasteiger partial charge in [-0.2, -0.15) is 5.10 Å². The van der Waals surface area contributed by atoms with Gasteiger partial charge in [0.2, 0.25) is 0 Å². The molecule has 60 valence electrons. The van der Waals surface area contributed by atoms with Crippen molar-refractivity contribution in [2.24, 2.45) is 10.9 Å². The standard InChI is InChI=1S/C3H8N2.C3H6O2/c1-3(2)5-4;1-2-5-3-4/h4H2,1-2H3;3H,2H2,1H3. The Morgan fingerprint density at radius 3 is 2.10 bits per heavy atom. The highest BCUT2D eigenvalue weighted by Gasteiger charge is 1.63. The first-order chi connectivity index (χ1) is 4.68. The Labute approximate surface area is 61.1 Å². The number of hydrogen-bond donors (Lipinski definition) is 1. The van der Waals surface area contributed by atoms with Crippen LogP contribution in [0.1, 0.15) is 20.8 Å². The number of hydrazone groups is 1. The maximum absolute atomic E-state index is 9.18. The lowest BCUT2D eigenvalue weighted by molar-refractivity contribution is -0.128. The molecule has 0 unspecified atom stereocenters. The number of ether oxygens (including phenoxy) is 1. The highest BCUT2D eigenvalue weighted by molar-refractivity contribution is 5.78. The molecule has 0 saturated carbocycles. The van der Waals surface area contributed by atoms with Crippen LogP contribution in [0.2, 0.25) is 0 Å². The molecule has 0 radical (unpaired) electrons. The van der Waals surface area contributed by atoms with Crippen LogP contribution in [0, 0.1) is 0 Å². The molecule has 0 fully saturated rings. The lowest BCUT2D eigenvalue weighted by Crippen LogP contribution is -1.86. The Bertz CT molecular complexity index is 97.9. The van der Waals surface area contributed by atoms with Gasteiger partial charge in [-0.15, -0.1) is 0 Å². The molecule has 0 amide bonds. The van der Waals surface area contributed by atoms with Gasteiger partial charge in [0.25, 0.3) is 6.47 Å². The summed E-state index contributed by atoms with van der Waals surface area (Å²) >= 11 is 0. The van der Waals surface area contributed by atoms with Crippen molar-refractivity contribution in [1.29, 1.82) is 0 Å². The lowest BCUT2D eigenvalue weighted by Gasteiger charge is -1.79. The van der Waals surface area contributed by atoms with E-state index in [4.69, 9.17) is 5.84 Å². The summed E-state index contributed by atoms with van der Waals surface area (Å²) in [5, 5.41) is 3.31. The van der Waals surface area contributed by atoms with E-state index in [1.54, 1.807) is 6.92 Å². The first kappa shape index (κ1) is 11.7. The molecular weight excluding hydrogens is 132 g/mol. The Balaban J connectivity index is 0. The number of carbonyl (C=O) groups excluding carboxylic acids is 1. The third kappa shape index (κ3) is 28.3. The molecule has 0 bridgehead atoms. The SMILES string of the molecule is CC(C)=NN.CCOC=O. The van der Waals surface area contributed by atoms with E-state index >= 15 is 0 Å². The molecule has 0 aliphatic rings. The van der Waals surface area contributed by atoms with Crippen LogP contribution in [0.3, 0.4) is 0 Å². The molecule has 0 atom stereocenters. The Hall–Kier alpha value is -1.06. The minimum atomic E-state index is 0.431. The highest BCUT2D eigenvalue weighted by atomic mass is 16.5. The van der Waals surface area contributed by atoms with Crippen LogP contribution >= 0.6 is 0 Å². The molecule has 0 saturated heterocycles. The van der Waals surface area contributed by atoms with E-state index in [1.165, 1.54) is 0 Å². The second-order valence-corrected chi connectivity index (χ2v) is 1.63. The fourth-order valence-corrected chi connectivity index (χ4v) is 0.0680. The van der Waals surface area contributed by atoms with Crippen molar-refractivity contribution in [2.45, 2.75) is 20.8 Å². The van der Waals surface area contributed by atoms with E-state index < -0.39 is 0 Å². The minimum absolute atomic E-state index is 0.431. The van der Waals surface area contributed by atoms with Gasteiger partial charge < -0.3 is 10.6 Å². The zero-order chi connectivity index (χ0) is 8.41. The fourth-order valence-electron chi connectivity index (χ4n) is 0.0680. The van der Waals surface area contributed by atoms with E-state index in [0.29, 0.717) is 13.1 Å². The quantitative estimate of drug-likeness (QED) is 0.267. The third-order valence-corrected chi connectivity index (χ3v) is 0.493. The Morgan fingerprint density at radius 2 is 2.10 bits per heavy atom. The van der Waals surface area contributed by atoms with E-state index in [1.807, 2.05) is 13.8 Å². The molecule has 10 heavy (non-hydrogen) atoms. The number of hydrogen-bond acceptors (Lipinski definition) is 4. The van der Waals surface area contributed by atoms with Gasteiger partial charge in [-0.3, -0.25) is 4.79 Å². The zero-order valence-corrected chi connectivity index (χ0v) is 6.63. The summed E-state index contributed by atoms with van der Waals surface area (Å²) in [6, 6.07) is 0. The summed E-state index contributed by atoms with van der Waals surface area (Å²) in [7, 11) is 0. The first-order valence-corrected chi connectivity index (χ1v) is 2.95. The fraction of sp³-hybridized carbons (Fsp3) is 0.667. The number of rotatable bonds is 2. The molecule has 0 aliphatic heterocycles.